The van der Waals surface area contributed by atoms with E-state index in [1.807, 2.05) is 0 Å². The lowest BCUT2D eigenvalue weighted by atomic mass is 9.95. The van der Waals surface area contributed by atoms with E-state index < -0.39 is 6.36 Å². The minimum absolute atomic E-state index is 0.0672. The highest BCUT2D eigenvalue weighted by Crippen LogP contribution is 2.59. The third-order valence-electron chi connectivity index (χ3n) is 6.44. The maximum Gasteiger partial charge on any atom is 0.573 e. The molecule has 2 fully saturated rings. The van der Waals surface area contributed by atoms with Crippen LogP contribution in [0.1, 0.15) is 29.9 Å². The SMILES string of the molecule is C=C(SCCCN1CC2C[C@@]2(c2ccc(OC(F)(F)F)cc2)C1)N(C)C(=N)c1ocnc1C. The molecule has 0 radical (unpaired) electrons. The van der Waals surface area contributed by atoms with Crippen LogP contribution in [0, 0.1) is 18.3 Å². The lowest BCUT2D eigenvalue weighted by Gasteiger charge is -2.22. The number of hydrogen-bond donors (Lipinski definition) is 1. The smallest absolute Gasteiger partial charge is 0.440 e. The number of alkyl halides is 3. The summed E-state index contributed by atoms with van der Waals surface area (Å²) in [6.07, 6.45) is -1.27. The fourth-order valence-corrected chi connectivity index (χ4v) is 5.37. The maximum absolute atomic E-state index is 12.4. The molecule has 1 saturated carbocycles. The quantitative estimate of drug-likeness (QED) is 0.309. The number of amidine groups is 1. The Bertz CT molecular complexity index is 1020. The van der Waals surface area contributed by atoms with Gasteiger partial charge in [0, 0.05) is 31.3 Å². The summed E-state index contributed by atoms with van der Waals surface area (Å²) in [6.45, 7) is 8.77. The average Bonchev–Trinajstić information content (AvgIpc) is 3.08. The summed E-state index contributed by atoms with van der Waals surface area (Å²) in [4.78, 5) is 8.16. The Kier molecular flexibility index (Phi) is 6.50. The summed E-state index contributed by atoms with van der Waals surface area (Å²) in [7, 11) is 1.79. The maximum atomic E-state index is 12.4. The predicted octanol–water partition coefficient (Wildman–Crippen LogP) is 5.01. The lowest BCUT2D eigenvalue weighted by Crippen LogP contribution is -2.28. The molecule has 1 aromatic carbocycles. The zero-order valence-corrected chi connectivity index (χ0v) is 19.4. The van der Waals surface area contributed by atoms with Crippen LogP contribution in [0.2, 0.25) is 0 Å². The van der Waals surface area contributed by atoms with E-state index in [9.17, 15) is 13.2 Å². The number of halogens is 3. The summed E-state index contributed by atoms with van der Waals surface area (Å²) in [6, 6.07) is 6.36. The van der Waals surface area contributed by atoms with Crippen molar-refractivity contribution in [3.63, 3.8) is 0 Å². The molecule has 0 bridgehead atoms. The van der Waals surface area contributed by atoms with E-state index >= 15 is 0 Å². The highest BCUT2D eigenvalue weighted by atomic mass is 32.2. The van der Waals surface area contributed by atoms with Crippen LogP contribution in [0.4, 0.5) is 13.2 Å². The number of rotatable bonds is 9. The van der Waals surface area contributed by atoms with E-state index in [2.05, 4.69) is 21.2 Å². The number of oxazole rings is 1. The standard InChI is InChI=1S/C23H27F3N4O2S/c1-15-20(31-14-28-15)21(27)29(3)16(2)33-10-4-9-30-12-18-11-22(18,13-30)17-5-7-19(8-6-17)32-23(24,25)26/h5-8,14,18,27H,2,4,9-13H2,1,3H3/t18?,22-/m0/s1. The number of nitrogens with one attached hydrogen (secondary N) is 1. The molecule has 1 N–H and O–H groups in total. The van der Waals surface area contributed by atoms with Crippen LogP contribution >= 0.6 is 11.8 Å². The van der Waals surface area contributed by atoms with E-state index in [1.54, 1.807) is 42.8 Å². The number of piperidine rings is 1. The minimum Gasteiger partial charge on any atom is -0.440 e. The van der Waals surface area contributed by atoms with Gasteiger partial charge in [0.15, 0.2) is 18.0 Å². The van der Waals surface area contributed by atoms with Gasteiger partial charge >= 0.3 is 6.36 Å². The van der Waals surface area contributed by atoms with Crippen LogP contribution in [0.5, 0.6) is 5.75 Å². The van der Waals surface area contributed by atoms with E-state index in [0.29, 0.717) is 17.4 Å². The van der Waals surface area contributed by atoms with Crippen LogP contribution in [-0.4, -0.2) is 59.4 Å². The van der Waals surface area contributed by atoms with Gasteiger partial charge in [-0.2, -0.15) is 0 Å². The van der Waals surface area contributed by atoms with Gasteiger partial charge < -0.3 is 19.0 Å². The summed E-state index contributed by atoms with van der Waals surface area (Å²) in [5.41, 5.74) is 1.83. The zero-order valence-electron chi connectivity index (χ0n) is 18.6. The van der Waals surface area contributed by atoms with Crippen molar-refractivity contribution in [2.45, 2.75) is 31.5 Å². The van der Waals surface area contributed by atoms with Gasteiger partial charge in [-0.25, -0.2) is 4.98 Å². The molecule has 2 atom stereocenters. The molecule has 2 aromatic rings. The Hall–Kier alpha value is -2.46. The molecule has 1 aliphatic heterocycles. The highest BCUT2D eigenvalue weighted by Gasteiger charge is 2.60. The molecular weight excluding hydrogens is 453 g/mol. The first-order chi connectivity index (χ1) is 15.6. The largest absolute Gasteiger partial charge is 0.573 e. The Balaban J connectivity index is 1.21. The first-order valence-corrected chi connectivity index (χ1v) is 11.7. The molecule has 0 amide bonds. The minimum atomic E-state index is -4.67. The third kappa shape index (κ3) is 5.22. The normalized spacial score (nSPS) is 22.2. The first-order valence-electron chi connectivity index (χ1n) is 10.7. The molecular formula is C23H27F3N4O2S. The number of aromatic nitrogens is 1. The molecule has 0 spiro atoms. The zero-order chi connectivity index (χ0) is 23.8. The van der Waals surface area contributed by atoms with Crippen LogP contribution in [0.25, 0.3) is 0 Å². The number of ether oxygens (including phenoxy) is 1. The molecule has 1 aromatic heterocycles. The topological polar surface area (TPSA) is 65.6 Å². The van der Waals surface area contributed by atoms with Crippen molar-refractivity contribution < 1.29 is 22.3 Å². The Labute approximate surface area is 195 Å². The van der Waals surface area contributed by atoms with E-state index in [4.69, 9.17) is 9.83 Å². The third-order valence-corrected chi connectivity index (χ3v) is 7.54. The molecule has 178 valence electrons. The molecule has 10 heteroatoms. The predicted molar refractivity (Wildman–Crippen MR) is 121 cm³/mol. The summed E-state index contributed by atoms with van der Waals surface area (Å²) in [5, 5.41) is 9.05. The second kappa shape index (κ2) is 9.06. The molecule has 2 heterocycles. The molecule has 33 heavy (non-hydrogen) atoms. The number of fused-ring (bicyclic) bond motifs is 1. The number of nitrogens with zero attached hydrogens (tertiary/aromatic N) is 3. The van der Waals surface area contributed by atoms with Gasteiger partial charge in [-0.05, 0) is 49.9 Å². The number of aryl methyl sites for hydroxylation is 1. The van der Waals surface area contributed by atoms with Gasteiger partial charge in [-0.3, -0.25) is 5.41 Å². The van der Waals surface area contributed by atoms with Gasteiger partial charge in [0.2, 0.25) is 0 Å². The average molecular weight is 481 g/mol. The fourth-order valence-electron chi connectivity index (χ4n) is 4.57. The Morgan fingerprint density at radius 1 is 1.39 bits per heavy atom. The van der Waals surface area contributed by atoms with Gasteiger partial charge in [0.1, 0.15) is 5.75 Å². The Morgan fingerprint density at radius 3 is 2.76 bits per heavy atom. The van der Waals surface area contributed by atoms with Gasteiger partial charge in [0.25, 0.3) is 0 Å². The van der Waals surface area contributed by atoms with Crippen molar-refractivity contribution in [3.8, 4) is 5.75 Å². The van der Waals surface area contributed by atoms with Crippen LogP contribution in [0.3, 0.4) is 0 Å². The van der Waals surface area contributed by atoms with Crippen molar-refractivity contribution in [1.82, 2.24) is 14.8 Å². The van der Waals surface area contributed by atoms with Crippen molar-refractivity contribution in [2.75, 3.05) is 32.4 Å². The van der Waals surface area contributed by atoms with Crippen molar-refractivity contribution >= 4 is 17.6 Å². The molecule has 1 aliphatic carbocycles. The van der Waals surface area contributed by atoms with Crippen LogP contribution < -0.4 is 4.74 Å². The van der Waals surface area contributed by atoms with Crippen molar-refractivity contribution in [3.05, 3.63) is 59.3 Å². The number of benzene rings is 1. The van der Waals surface area contributed by atoms with Crippen LogP contribution in [-0.2, 0) is 5.41 Å². The molecule has 1 unspecified atom stereocenters. The second-order valence-electron chi connectivity index (χ2n) is 8.63. The van der Waals surface area contributed by atoms with E-state index in [-0.39, 0.29) is 17.0 Å². The van der Waals surface area contributed by atoms with E-state index in [0.717, 1.165) is 48.8 Å². The monoisotopic (exact) mass is 480 g/mol. The van der Waals surface area contributed by atoms with E-state index in [1.165, 1.54) is 18.5 Å². The van der Waals surface area contributed by atoms with Gasteiger partial charge in [-0.15, -0.1) is 24.9 Å². The second-order valence-corrected chi connectivity index (χ2v) is 9.80. The number of hydrogen-bond acceptors (Lipinski definition) is 6. The highest BCUT2D eigenvalue weighted by molar-refractivity contribution is 8.02. The van der Waals surface area contributed by atoms with Crippen molar-refractivity contribution in [1.29, 1.82) is 5.41 Å². The molecule has 2 aliphatic rings. The lowest BCUT2D eigenvalue weighted by molar-refractivity contribution is -0.274. The van der Waals surface area contributed by atoms with Gasteiger partial charge in [-0.1, -0.05) is 18.7 Å². The molecule has 1 saturated heterocycles. The number of likely N-dealkylation sites (tertiary alicyclic amines) is 1. The molecule has 4 rings (SSSR count). The van der Waals surface area contributed by atoms with Gasteiger partial charge in [0.05, 0.1) is 10.7 Å². The summed E-state index contributed by atoms with van der Waals surface area (Å²) in [5.74, 6) is 1.94. The van der Waals surface area contributed by atoms with Crippen LogP contribution in [0.15, 0.2) is 46.7 Å². The fraction of sp³-hybridized carbons (Fsp3) is 0.478. The number of thioether (sulfide) groups is 1. The Morgan fingerprint density at radius 2 is 2.12 bits per heavy atom. The first kappa shape index (κ1) is 23.7. The molecule has 6 nitrogen and oxygen atoms in total. The summed E-state index contributed by atoms with van der Waals surface area (Å²) >= 11 is 1.61. The summed E-state index contributed by atoms with van der Waals surface area (Å²) < 4.78 is 46.4. The van der Waals surface area contributed by atoms with Crippen molar-refractivity contribution in [2.24, 2.45) is 5.92 Å².